The molecular formula is C26H25F2N5O. The van der Waals surface area contributed by atoms with Gasteiger partial charge in [0, 0.05) is 29.6 Å². The minimum absolute atomic E-state index is 0.153. The van der Waals surface area contributed by atoms with Crippen molar-refractivity contribution in [1.82, 2.24) is 14.8 Å². The maximum absolute atomic E-state index is 13.8. The van der Waals surface area contributed by atoms with E-state index >= 15 is 0 Å². The fourth-order valence-corrected chi connectivity index (χ4v) is 3.93. The molecule has 174 valence electrons. The summed E-state index contributed by atoms with van der Waals surface area (Å²) in [6, 6.07) is 11.9. The number of benzene rings is 2. The quantitative estimate of drug-likeness (QED) is 0.401. The molecule has 5 N–H and O–H groups in total. The van der Waals surface area contributed by atoms with Gasteiger partial charge in [-0.2, -0.15) is 5.10 Å². The SMILES string of the molecule is Cn1nc(N)c2cccc(-c3ccc(C#CC(C)(C)O)nc3[C@@H](N)Cc3cc(F)cc(F)c3)c21. The van der Waals surface area contributed by atoms with Gasteiger partial charge in [0.2, 0.25) is 0 Å². The lowest BCUT2D eigenvalue weighted by atomic mass is 9.94. The Bertz CT molecular complexity index is 1420. The Kier molecular flexibility index (Phi) is 6.09. The van der Waals surface area contributed by atoms with Crippen LogP contribution in [-0.4, -0.2) is 25.5 Å². The maximum atomic E-state index is 13.8. The minimum Gasteiger partial charge on any atom is -0.382 e. The number of rotatable bonds is 4. The van der Waals surface area contributed by atoms with Gasteiger partial charge in [0.25, 0.3) is 0 Å². The third-order valence-electron chi connectivity index (χ3n) is 5.33. The molecule has 4 aromatic rings. The van der Waals surface area contributed by atoms with Crippen LogP contribution >= 0.6 is 0 Å². The molecule has 0 amide bonds. The van der Waals surface area contributed by atoms with Gasteiger partial charge in [0.05, 0.1) is 17.3 Å². The molecule has 0 radical (unpaired) electrons. The predicted octanol–water partition coefficient (Wildman–Crippen LogP) is 3.86. The average molecular weight is 462 g/mol. The summed E-state index contributed by atoms with van der Waals surface area (Å²) in [4.78, 5) is 4.68. The number of nitrogen functional groups attached to an aromatic ring is 1. The zero-order valence-corrected chi connectivity index (χ0v) is 19.1. The Hall–Kier alpha value is -3.80. The molecular weight excluding hydrogens is 436 g/mol. The average Bonchev–Trinajstić information content (AvgIpc) is 3.04. The zero-order valence-electron chi connectivity index (χ0n) is 19.1. The standard InChI is InChI=1S/C26H25F2N5O/c1-26(2,34)10-9-18-7-8-19(20-5-4-6-21-24(20)33(3)32-25(21)30)23(31-18)22(29)13-15-11-16(27)14-17(28)12-15/h4-8,11-12,14,22,34H,13,29H2,1-3H3,(H2,30,32)/t22-/m0/s1. The number of aromatic nitrogens is 3. The van der Waals surface area contributed by atoms with Crippen molar-refractivity contribution < 1.29 is 13.9 Å². The molecule has 4 rings (SSSR count). The number of pyridine rings is 1. The van der Waals surface area contributed by atoms with E-state index in [1.165, 1.54) is 12.1 Å². The van der Waals surface area contributed by atoms with Crippen LogP contribution in [0.2, 0.25) is 0 Å². The molecule has 0 spiro atoms. The first-order chi connectivity index (χ1) is 16.0. The molecule has 8 heteroatoms. The topological polar surface area (TPSA) is 103 Å². The smallest absolute Gasteiger partial charge is 0.153 e. The molecule has 2 heterocycles. The van der Waals surface area contributed by atoms with E-state index in [4.69, 9.17) is 11.5 Å². The highest BCUT2D eigenvalue weighted by Gasteiger charge is 2.20. The highest BCUT2D eigenvalue weighted by atomic mass is 19.1. The predicted molar refractivity (Wildman–Crippen MR) is 129 cm³/mol. The van der Waals surface area contributed by atoms with E-state index in [-0.39, 0.29) is 6.42 Å². The first-order valence-corrected chi connectivity index (χ1v) is 10.7. The van der Waals surface area contributed by atoms with E-state index < -0.39 is 23.3 Å². The van der Waals surface area contributed by atoms with Crippen molar-refractivity contribution >= 4 is 16.7 Å². The van der Waals surface area contributed by atoms with Crippen LogP contribution in [0.5, 0.6) is 0 Å². The zero-order chi connectivity index (χ0) is 24.6. The highest BCUT2D eigenvalue weighted by molar-refractivity contribution is 6.00. The Labute approximate surface area is 196 Å². The van der Waals surface area contributed by atoms with Crippen LogP contribution in [0.1, 0.15) is 36.8 Å². The molecule has 0 saturated heterocycles. The summed E-state index contributed by atoms with van der Waals surface area (Å²) in [5.41, 5.74) is 15.1. The molecule has 0 saturated carbocycles. The van der Waals surface area contributed by atoms with E-state index in [1.807, 2.05) is 24.3 Å². The molecule has 1 atom stereocenters. The molecule has 0 fully saturated rings. The van der Waals surface area contributed by atoms with Crippen molar-refractivity contribution in [2.45, 2.75) is 31.9 Å². The second-order valence-electron chi connectivity index (χ2n) is 8.74. The number of para-hydroxylation sites is 1. The van der Waals surface area contributed by atoms with Crippen molar-refractivity contribution in [3.05, 3.63) is 77.1 Å². The lowest BCUT2D eigenvalue weighted by Gasteiger charge is -2.17. The Morgan fingerprint density at radius 1 is 1.09 bits per heavy atom. The summed E-state index contributed by atoms with van der Waals surface area (Å²) in [7, 11) is 1.80. The number of fused-ring (bicyclic) bond motifs is 1. The van der Waals surface area contributed by atoms with Gasteiger partial charge in [-0.15, -0.1) is 0 Å². The van der Waals surface area contributed by atoms with Crippen LogP contribution in [0.4, 0.5) is 14.6 Å². The van der Waals surface area contributed by atoms with Gasteiger partial charge in [-0.25, -0.2) is 13.8 Å². The van der Waals surface area contributed by atoms with Gasteiger partial charge >= 0.3 is 0 Å². The van der Waals surface area contributed by atoms with E-state index in [0.717, 1.165) is 28.1 Å². The van der Waals surface area contributed by atoms with Crippen LogP contribution in [0.25, 0.3) is 22.0 Å². The van der Waals surface area contributed by atoms with Crippen LogP contribution in [0, 0.1) is 23.5 Å². The summed E-state index contributed by atoms with van der Waals surface area (Å²) in [5.74, 6) is 4.67. The van der Waals surface area contributed by atoms with Crippen molar-refractivity contribution in [1.29, 1.82) is 0 Å². The molecule has 2 aromatic heterocycles. The van der Waals surface area contributed by atoms with E-state index in [1.54, 1.807) is 31.6 Å². The maximum Gasteiger partial charge on any atom is 0.153 e. The lowest BCUT2D eigenvalue weighted by Crippen LogP contribution is -2.17. The van der Waals surface area contributed by atoms with Crippen molar-refractivity contribution in [2.24, 2.45) is 12.8 Å². The molecule has 2 aromatic carbocycles. The number of aryl methyl sites for hydroxylation is 1. The summed E-state index contributed by atoms with van der Waals surface area (Å²) in [5, 5.41) is 15.1. The minimum atomic E-state index is -1.19. The molecule has 0 bridgehead atoms. The molecule has 0 unspecified atom stereocenters. The van der Waals surface area contributed by atoms with E-state index in [2.05, 4.69) is 21.9 Å². The number of nitrogens with zero attached hydrogens (tertiary/aromatic N) is 3. The van der Waals surface area contributed by atoms with Crippen LogP contribution in [-0.2, 0) is 13.5 Å². The molecule has 34 heavy (non-hydrogen) atoms. The van der Waals surface area contributed by atoms with Gasteiger partial charge in [-0.1, -0.05) is 18.1 Å². The number of hydrogen-bond donors (Lipinski definition) is 3. The normalized spacial score (nSPS) is 12.4. The van der Waals surface area contributed by atoms with E-state index in [9.17, 15) is 13.9 Å². The summed E-state index contributed by atoms with van der Waals surface area (Å²) >= 11 is 0. The monoisotopic (exact) mass is 461 g/mol. The third-order valence-corrected chi connectivity index (χ3v) is 5.33. The second kappa shape index (κ2) is 8.86. The summed E-state index contributed by atoms with van der Waals surface area (Å²) < 4.78 is 29.2. The summed E-state index contributed by atoms with van der Waals surface area (Å²) in [6.45, 7) is 3.15. The van der Waals surface area contributed by atoms with Crippen molar-refractivity contribution in [3.8, 4) is 23.0 Å². The van der Waals surface area contributed by atoms with Gasteiger partial charge in [0.15, 0.2) is 5.82 Å². The van der Waals surface area contributed by atoms with Crippen LogP contribution < -0.4 is 11.5 Å². The number of halogens is 2. The van der Waals surface area contributed by atoms with Crippen molar-refractivity contribution in [2.75, 3.05) is 5.73 Å². The lowest BCUT2D eigenvalue weighted by molar-refractivity contribution is 0.143. The molecule has 0 aliphatic carbocycles. The Morgan fingerprint density at radius 2 is 1.79 bits per heavy atom. The first kappa shape index (κ1) is 23.4. The molecule has 6 nitrogen and oxygen atoms in total. The van der Waals surface area contributed by atoms with Gasteiger partial charge in [-0.05, 0) is 62.1 Å². The molecule has 0 aliphatic heterocycles. The van der Waals surface area contributed by atoms with Gasteiger partial charge in [-0.3, -0.25) is 4.68 Å². The summed E-state index contributed by atoms with van der Waals surface area (Å²) in [6.07, 6.45) is 0.153. The van der Waals surface area contributed by atoms with E-state index in [0.29, 0.717) is 22.8 Å². The van der Waals surface area contributed by atoms with Crippen molar-refractivity contribution in [3.63, 3.8) is 0 Å². The van der Waals surface area contributed by atoms with Crippen LogP contribution in [0.15, 0.2) is 48.5 Å². The number of hydrogen-bond acceptors (Lipinski definition) is 5. The van der Waals surface area contributed by atoms with Crippen LogP contribution in [0.3, 0.4) is 0 Å². The third kappa shape index (κ3) is 4.91. The first-order valence-electron chi connectivity index (χ1n) is 10.7. The largest absolute Gasteiger partial charge is 0.382 e. The number of nitrogens with two attached hydrogens (primary N) is 2. The van der Waals surface area contributed by atoms with Gasteiger partial charge in [0.1, 0.15) is 22.9 Å². The fraction of sp³-hybridized carbons (Fsp3) is 0.231. The Balaban J connectivity index is 1.87. The Morgan fingerprint density at radius 3 is 2.47 bits per heavy atom. The number of aliphatic hydroxyl groups is 1. The second-order valence-corrected chi connectivity index (χ2v) is 8.74. The fourth-order valence-electron chi connectivity index (χ4n) is 3.93. The van der Waals surface area contributed by atoms with Gasteiger partial charge < -0.3 is 16.6 Å². The highest BCUT2D eigenvalue weighted by Crippen LogP contribution is 2.35. The number of anilines is 1. The molecule has 0 aliphatic rings.